The first-order valence-electron chi connectivity index (χ1n) is 6.03. The highest BCUT2D eigenvalue weighted by molar-refractivity contribution is 5.31. The molecule has 0 amide bonds. The molecular weight excluding hydrogens is 198 g/mol. The predicted molar refractivity (Wildman–Crippen MR) is 65.6 cm³/mol. The van der Waals surface area contributed by atoms with Crippen LogP contribution in [0, 0.1) is 13.8 Å². The summed E-state index contributed by atoms with van der Waals surface area (Å²) >= 11 is 0. The molecule has 0 radical (unpaired) electrons. The third kappa shape index (κ3) is 1.84. The van der Waals surface area contributed by atoms with Gasteiger partial charge in [-0.25, -0.2) is 9.97 Å². The molecule has 1 unspecified atom stereocenters. The van der Waals surface area contributed by atoms with Crippen molar-refractivity contribution in [2.45, 2.75) is 51.9 Å². The van der Waals surface area contributed by atoms with Crippen molar-refractivity contribution in [2.24, 2.45) is 5.73 Å². The molecule has 2 N–H and O–H groups in total. The standard InChI is InChI=1S/C13H21N3/c1-8(7-14)11-9(2)15-12(16-10(11)3)13(4)5-6-13/h8H,5-7,14H2,1-4H3. The number of hydrogen-bond donors (Lipinski definition) is 1. The Kier molecular flexibility index (Phi) is 2.74. The number of nitrogens with two attached hydrogens (primary N) is 1. The van der Waals surface area contributed by atoms with E-state index in [1.807, 2.05) is 0 Å². The zero-order chi connectivity index (χ0) is 11.9. The molecule has 2 rings (SSSR count). The minimum Gasteiger partial charge on any atom is -0.330 e. The summed E-state index contributed by atoms with van der Waals surface area (Å²) < 4.78 is 0. The highest BCUT2D eigenvalue weighted by Gasteiger charge is 2.42. The molecule has 3 nitrogen and oxygen atoms in total. The Bertz CT molecular complexity index is 385. The van der Waals surface area contributed by atoms with Crippen molar-refractivity contribution in [1.29, 1.82) is 0 Å². The number of hydrogen-bond acceptors (Lipinski definition) is 3. The smallest absolute Gasteiger partial charge is 0.134 e. The maximum atomic E-state index is 5.72. The lowest BCUT2D eigenvalue weighted by Gasteiger charge is -2.17. The Morgan fingerprint density at radius 1 is 1.25 bits per heavy atom. The maximum Gasteiger partial charge on any atom is 0.134 e. The molecule has 0 saturated heterocycles. The van der Waals surface area contributed by atoms with Crippen LogP contribution in [0.2, 0.25) is 0 Å². The lowest BCUT2D eigenvalue weighted by Crippen LogP contribution is -2.17. The van der Waals surface area contributed by atoms with E-state index in [4.69, 9.17) is 5.73 Å². The van der Waals surface area contributed by atoms with Gasteiger partial charge in [0.05, 0.1) is 0 Å². The topological polar surface area (TPSA) is 51.8 Å². The summed E-state index contributed by atoms with van der Waals surface area (Å²) in [5.41, 5.74) is 9.41. The lowest BCUT2D eigenvalue weighted by atomic mass is 9.97. The first kappa shape index (κ1) is 11.5. The second-order valence-electron chi connectivity index (χ2n) is 5.33. The first-order valence-corrected chi connectivity index (χ1v) is 6.03. The fraction of sp³-hybridized carbons (Fsp3) is 0.692. The molecule has 1 fully saturated rings. The van der Waals surface area contributed by atoms with Crippen molar-refractivity contribution >= 4 is 0 Å². The fourth-order valence-corrected chi connectivity index (χ4v) is 2.24. The minimum atomic E-state index is 0.250. The Labute approximate surface area is 97.5 Å². The van der Waals surface area contributed by atoms with Crippen LogP contribution in [0.25, 0.3) is 0 Å². The molecule has 1 aliphatic carbocycles. The van der Waals surface area contributed by atoms with Crippen molar-refractivity contribution < 1.29 is 0 Å². The lowest BCUT2D eigenvalue weighted by molar-refractivity contribution is 0.672. The summed E-state index contributed by atoms with van der Waals surface area (Å²) in [4.78, 5) is 9.34. The van der Waals surface area contributed by atoms with Crippen molar-refractivity contribution in [1.82, 2.24) is 9.97 Å². The number of aromatic nitrogens is 2. The second-order valence-corrected chi connectivity index (χ2v) is 5.33. The minimum absolute atomic E-state index is 0.250. The van der Waals surface area contributed by atoms with Crippen LogP contribution in [0.3, 0.4) is 0 Å². The molecule has 0 bridgehead atoms. The molecule has 88 valence electrons. The molecule has 1 heterocycles. The average Bonchev–Trinajstić information content (AvgIpc) is 2.96. The van der Waals surface area contributed by atoms with Gasteiger partial charge in [0.2, 0.25) is 0 Å². The van der Waals surface area contributed by atoms with Gasteiger partial charge in [0.15, 0.2) is 0 Å². The fourth-order valence-electron chi connectivity index (χ4n) is 2.24. The van der Waals surface area contributed by atoms with Gasteiger partial charge in [-0.2, -0.15) is 0 Å². The van der Waals surface area contributed by atoms with Crippen LogP contribution in [0.1, 0.15) is 55.4 Å². The van der Waals surface area contributed by atoms with Crippen molar-refractivity contribution in [3.05, 3.63) is 22.8 Å². The van der Waals surface area contributed by atoms with E-state index in [0.717, 1.165) is 17.2 Å². The van der Waals surface area contributed by atoms with Crippen molar-refractivity contribution in [3.8, 4) is 0 Å². The van der Waals surface area contributed by atoms with E-state index in [2.05, 4.69) is 37.7 Å². The van der Waals surface area contributed by atoms with E-state index in [-0.39, 0.29) is 5.41 Å². The molecular formula is C13H21N3. The zero-order valence-corrected chi connectivity index (χ0v) is 10.7. The number of nitrogens with zero attached hydrogens (tertiary/aromatic N) is 2. The van der Waals surface area contributed by atoms with Gasteiger partial charge in [0.25, 0.3) is 0 Å². The zero-order valence-electron chi connectivity index (χ0n) is 10.7. The highest BCUT2D eigenvalue weighted by Crippen LogP contribution is 2.46. The maximum absolute atomic E-state index is 5.72. The average molecular weight is 219 g/mol. The first-order chi connectivity index (χ1) is 7.48. The van der Waals surface area contributed by atoms with Gasteiger partial charge in [0, 0.05) is 16.8 Å². The van der Waals surface area contributed by atoms with Gasteiger partial charge < -0.3 is 5.73 Å². The van der Waals surface area contributed by atoms with E-state index < -0.39 is 0 Å². The van der Waals surface area contributed by atoms with E-state index in [1.54, 1.807) is 0 Å². The number of rotatable bonds is 3. The summed E-state index contributed by atoms with van der Waals surface area (Å²) in [5, 5.41) is 0. The molecule has 1 aromatic heterocycles. The number of aryl methyl sites for hydroxylation is 2. The van der Waals surface area contributed by atoms with Gasteiger partial charge in [0.1, 0.15) is 5.82 Å². The van der Waals surface area contributed by atoms with E-state index in [0.29, 0.717) is 12.5 Å². The van der Waals surface area contributed by atoms with Gasteiger partial charge in [-0.3, -0.25) is 0 Å². The summed E-state index contributed by atoms with van der Waals surface area (Å²) in [6, 6.07) is 0. The van der Waals surface area contributed by atoms with Gasteiger partial charge in [-0.1, -0.05) is 13.8 Å². The van der Waals surface area contributed by atoms with Crippen LogP contribution in [0.15, 0.2) is 0 Å². The quantitative estimate of drug-likeness (QED) is 0.848. The normalized spacial score (nSPS) is 19.6. The highest BCUT2D eigenvalue weighted by atomic mass is 14.9. The summed E-state index contributed by atoms with van der Waals surface area (Å²) in [6.07, 6.45) is 2.44. The Morgan fingerprint density at radius 3 is 2.12 bits per heavy atom. The predicted octanol–water partition coefficient (Wildman–Crippen LogP) is 2.21. The molecule has 0 aromatic carbocycles. The van der Waals surface area contributed by atoms with Crippen LogP contribution in [-0.2, 0) is 5.41 Å². The summed E-state index contributed by atoms with van der Waals surface area (Å²) in [7, 11) is 0. The third-order valence-corrected chi connectivity index (χ3v) is 3.71. The molecule has 0 aliphatic heterocycles. The summed E-state index contributed by atoms with van der Waals surface area (Å²) in [6.45, 7) is 9.18. The molecule has 1 aromatic rings. The Balaban J connectivity index is 2.43. The molecule has 1 atom stereocenters. The van der Waals surface area contributed by atoms with E-state index in [1.165, 1.54) is 18.4 Å². The van der Waals surface area contributed by atoms with Crippen LogP contribution < -0.4 is 5.73 Å². The summed E-state index contributed by atoms with van der Waals surface area (Å²) in [5.74, 6) is 1.37. The van der Waals surface area contributed by atoms with Crippen molar-refractivity contribution in [2.75, 3.05) is 6.54 Å². The third-order valence-electron chi connectivity index (χ3n) is 3.71. The monoisotopic (exact) mass is 219 g/mol. The molecule has 1 saturated carbocycles. The van der Waals surface area contributed by atoms with E-state index in [9.17, 15) is 0 Å². The van der Waals surface area contributed by atoms with Crippen LogP contribution >= 0.6 is 0 Å². The molecule has 3 heteroatoms. The van der Waals surface area contributed by atoms with E-state index >= 15 is 0 Å². The second kappa shape index (κ2) is 3.81. The Morgan fingerprint density at radius 2 is 1.75 bits per heavy atom. The van der Waals surface area contributed by atoms with Gasteiger partial charge >= 0.3 is 0 Å². The van der Waals surface area contributed by atoms with Crippen molar-refractivity contribution in [3.63, 3.8) is 0 Å². The van der Waals surface area contributed by atoms with Crippen LogP contribution in [0.4, 0.5) is 0 Å². The van der Waals surface area contributed by atoms with Gasteiger partial charge in [-0.15, -0.1) is 0 Å². The largest absolute Gasteiger partial charge is 0.330 e. The Hall–Kier alpha value is -0.960. The SMILES string of the molecule is Cc1nc(C2(C)CC2)nc(C)c1C(C)CN. The molecule has 1 aliphatic rings. The van der Waals surface area contributed by atoms with Crippen LogP contribution in [-0.4, -0.2) is 16.5 Å². The van der Waals surface area contributed by atoms with Gasteiger partial charge in [-0.05, 0) is 44.7 Å². The van der Waals surface area contributed by atoms with Crippen LogP contribution in [0.5, 0.6) is 0 Å². The molecule has 16 heavy (non-hydrogen) atoms. The molecule has 0 spiro atoms.